The Morgan fingerprint density at radius 2 is 1.18 bits per heavy atom. The molecule has 28 atom stereocenters. The first-order chi connectivity index (χ1) is 31.2. The molecule has 0 aromatic heterocycles. The van der Waals surface area contributed by atoms with Gasteiger partial charge in [-0.15, -0.1) is 0 Å². The molecular formula is C44H70O22. The third-order valence-electron chi connectivity index (χ3n) is 16.7. The van der Waals surface area contributed by atoms with Crippen LogP contribution in [0, 0.1) is 40.9 Å². The van der Waals surface area contributed by atoms with Gasteiger partial charge in [-0.1, -0.05) is 19.9 Å². The molecule has 0 radical (unpaired) electrons. The standard InChI is InChI=1S/C44H70O22/c1-15-10-44(11-18-9-21-19(25(15)20(18)8-16(44)2)6-5-7-43(21,4)42(58)65-40-35(57)32(54)28(50)23(13-46)61-40)66-41-37(64-38-33(55)30(52)26(48)17(3)59-38)36(29(51)24(14-47)62-41)63-39-34(56)31(53)27(49)22(12-45)60-39/h15,17-41,45-57H,2,5-14H2,1,3-4H3/t15-,17+,18?,19?,20?,21?,22+,23+,24+,25?,26+,27+,28+,29+,30-,31-,32-,33-,34+,35+,36-,37+,38+,39-,40?,41-,43+,44-/m0/s1. The Balaban J connectivity index is 1.10. The van der Waals surface area contributed by atoms with Crippen LogP contribution in [0.5, 0.6) is 0 Å². The zero-order chi connectivity index (χ0) is 47.9. The number of esters is 1. The van der Waals surface area contributed by atoms with Crippen LogP contribution in [0.3, 0.4) is 0 Å². The molecule has 0 amide bonds. The van der Waals surface area contributed by atoms with Crippen LogP contribution in [0.2, 0.25) is 0 Å². The van der Waals surface area contributed by atoms with Crippen molar-refractivity contribution in [3.05, 3.63) is 12.2 Å². The molecule has 6 unspecified atom stereocenters. The van der Waals surface area contributed by atoms with Gasteiger partial charge < -0.3 is 104 Å². The second-order valence-corrected chi connectivity index (χ2v) is 20.5. The largest absolute Gasteiger partial charge is 0.432 e. The Morgan fingerprint density at radius 3 is 1.80 bits per heavy atom. The quantitative estimate of drug-likeness (QED) is 0.0529. The SMILES string of the molecule is C=C1CC2C3CC4C(CCC[C@@]4(C)C(=O)OC4O[C@H](CO)[C@@H](O)[C@H](O)[C@H]4O)C2[C@@H](C)C[C@]1(O[C@@H]1O[C@H](CO)[C@@H](O)[C@H](O[C@@H]2O[C@H](CO)[C@@H](O)[C@H](O)[C@H]2O)[C@H]1O[C@H]1O[C@H](C)[C@@H](O)[C@H](O)[C@@H]1O)C3. The number of carbonyl (C=O) groups is 1. The summed E-state index contributed by atoms with van der Waals surface area (Å²) < 4.78 is 48.7. The van der Waals surface area contributed by atoms with Crippen LogP contribution in [0.1, 0.15) is 65.7 Å². The monoisotopic (exact) mass is 950 g/mol. The Hall–Kier alpha value is -1.59. The van der Waals surface area contributed by atoms with E-state index in [1.165, 1.54) is 6.92 Å². The Morgan fingerprint density at radius 1 is 0.652 bits per heavy atom. The molecule has 4 bridgehead atoms. The number of rotatable bonds is 11. The first kappa shape index (κ1) is 50.8. The van der Waals surface area contributed by atoms with Crippen molar-refractivity contribution in [1.29, 1.82) is 0 Å². The average Bonchev–Trinajstić information content (AvgIpc) is 3.44. The van der Waals surface area contributed by atoms with E-state index in [0.717, 1.165) is 12.0 Å². The molecule has 0 aromatic carbocycles. The maximum Gasteiger partial charge on any atom is 0.314 e. The van der Waals surface area contributed by atoms with Gasteiger partial charge in [0.15, 0.2) is 18.9 Å². The molecule has 0 aromatic rings. The third-order valence-corrected chi connectivity index (χ3v) is 16.7. The predicted octanol–water partition coefficient (Wildman–Crippen LogP) is -4.37. The number of hydrogen-bond acceptors (Lipinski definition) is 22. The van der Waals surface area contributed by atoms with Crippen molar-refractivity contribution in [2.24, 2.45) is 40.9 Å². The minimum absolute atomic E-state index is 0.0463. The molecule has 4 aliphatic heterocycles. The molecule has 4 saturated heterocycles. The maximum atomic E-state index is 14.4. The lowest BCUT2D eigenvalue weighted by Gasteiger charge is -2.57. The van der Waals surface area contributed by atoms with E-state index >= 15 is 0 Å². The summed E-state index contributed by atoms with van der Waals surface area (Å²) in [6.45, 7) is 7.65. The van der Waals surface area contributed by atoms with Gasteiger partial charge in [-0.2, -0.15) is 0 Å². The third kappa shape index (κ3) is 8.71. The Bertz CT molecular complexity index is 1710. The van der Waals surface area contributed by atoms with Crippen LogP contribution in [-0.2, 0) is 42.7 Å². The van der Waals surface area contributed by atoms with Crippen LogP contribution in [0.4, 0.5) is 0 Å². The van der Waals surface area contributed by atoms with E-state index in [2.05, 4.69) is 13.5 Å². The predicted molar refractivity (Wildman–Crippen MR) is 217 cm³/mol. The summed E-state index contributed by atoms with van der Waals surface area (Å²) in [5.74, 6) is -0.696. The van der Waals surface area contributed by atoms with Crippen molar-refractivity contribution in [3.8, 4) is 0 Å². The first-order valence-corrected chi connectivity index (χ1v) is 23.3. The fourth-order valence-corrected chi connectivity index (χ4v) is 13.0. The lowest BCUT2D eigenvalue weighted by atomic mass is 9.48. The Kier molecular flexibility index (Phi) is 15.0. The van der Waals surface area contributed by atoms with Gasteiger partial charge in [0, 0.05) is 0 Å². The van der Waals surface area contributed by atoms with E-state index in [9.17, 15) is 71.2 Å². The van der Waals surface area contributed by atoms with E-state index < -0.39 is 160 Å². The summed E-state index contributed by atoms with van der Waals surface area (Å²) in [6.07, 6.45) is -29.0. The van der Waals surface area contributed by atoms with Crippen molar-refractivity contribution >= 4 is 5.97 Å². The van der Waals surface area contributed by atoms with Gasteiger partial charge in [0.25, 0.3) is 0 Å². The smallest absolute Gasteiger partial charge is 0.314 e. The molecule has 5 aliphatic carbocycles. The van der Waals surface area contributed by atoms with E-state index in [4.69, 9.17) is 37.9 Å². The molecule has 13 N–H and O–H groups in total. The molecule has 9 fully saturated rings. The van der Waals surface area contributed by atoms with Crippen molar-refractivity contribution < 1.29 is 109 Å². The van der Waals surface area contributed by atoms with Gasteiger partial charge in [0.05, 0.1) is 36.9 Å². The van der Waals surface area contributed by atoms with Crippen molar-refractivity contribution in [3.63, 3.8) is 0 Å². The molecule has 22 heteroatoms. The summed E-state index contributed by atoms with van der Waals surface area (Å²) in [5, 5.41) is 138. The summed E-state index contributed by atoms with van der Waals surface area (Å²) in [4.78, 5) is 14.4. The van der Waals surface area contributed by atoms with E-state index in [-0.39, 0.29) is 35.5 Å². The van der Waals surface area contributed by atoms with Crippen LogP contribution in [0.25, 0.3) is 0 Å². The van der Waals surface area contributed by atoms with E-state index in [1.54, 1.807) is 0 Å². The number of aliphatic hydroxyl groups is 13. The highest BCUT2D eigenvalue weighted by molar-refractivity contribution is 5.77. The van der Waals surface area contributed by atoms with Crippen LogP contribution < -0.4 is 0 Å². The van der Waals surface area contributed by atoms with Crippen LogP contribution in [0.15, 0.2) is 12.2 Å². The topological polar surface area (TPSA) is 354 Å². The molecule has 5 saturated carbocycles. The Labute approximate surface area is 381 Å². The number of ether oxygens (including phenoxy) is 8. The van der Waals surface area contributed by atoms with Crippen LogP contribution >= 0.6 is 0 Å². The van der Waals surface area contributed by atoms with Gasteiger partial charge in [-0.05, 0) is 93.5 Å². The normalized spacial score (nSPS) is 55.2. The fraction of sp³-hybridized carbons (Fsp3) is 0.932. The highest BCUT2D eigenvalue weighted by Gasteiger charge is 2.64. The molecule has 0 spiro atoms. The van der Waals surface area contributed by atoms with Gasteiger partial charge in [0.2, 0.25) is 6.29 Å². The molecule has 22 nitrogen and oxygen atoms in total. The molecule has 9 rings (SSSR count). The van der Waals surface area contributed by atoms with Crippen molar-refractivity contribution in [2.75, 3.05) is 19.8 Å². The highest BCUT2D eigenvalue weighted by atomic mass is 16.8. The van der Waals surface area contributed by atoms with E-state index in [1.807, 2.05) is 6.92 Å². The van der Waals surface area contributed by atoms with Gasteiger partial charge in [-0.3, -0.25) is 4.79 Å². The number of carbonyl (C=O) groups excluding carboxylic acids is 1. The summed E-state index contributed by atoms with van der Waals surface area (Å²) in [7, 11) is 0. The zero-order valence-corrected chi connectivity index (χ0v) is 37.3. The summed E-state index contributed by atoms with van der Waals surface area (Å²) in [6, 6.07) is 0. The number of aliphatic hydroxyl groups excluding tert-OH is 13. The maximum absolute atomic E-state index is 14.4. The minimum Gasteiger partial charge on any atom is -0.432 e. The van der Waals surface area contributed by atoms with Crippen molar-refractivity contribution in [1.82, 2.24) is 0 Å². The first-order valence-electron chi connectivity index (χ1n) is 23.3. The highest BCUT2D eigenvalue weighted by Crippen LogP contribution is 2.66. The lowest BCUT2D eigenvalue weighted by Crippen LogP contribution is -2.67. The lowest BCUT2D eigenvalue weighted by molar-refractivity contribution is -0.398. The summed E-state index contributed by atoms with van der Waals surface area (Å²) in [5.41, 5.74) is -1.50. The fourth-order valence-electron chi connectivity index (χ4n) is 13.0. The molecule has 9 aliphatic rings. The minimum atomic E-state index is -1.93. The number of hydrogen-bond donors (Lipinski definition) is 13. The average molecular weight is 951 g/mol. The molecular weight excluding hydrogens is 880 g/mol. The van der Waals surface area contributed by atoms with E-state index in [0.29, 0.717) is 38.5 Å². The molecule has 66 heavy (non-hydrogen) atoms. The van der Waals surface area contributed by atoms with Crippen molar-refractivity contribution in [2.45, 2.75) is 194 Å². The summed E-state index contributed by atoms with van der Waals surface area (Å²) >= 11 is 0. The second-order valence-electron chi connectivity index (χ2n) is 20.5. The zero-order valence-electron chi connectivity index (χ0n) is 37.3. The molecule has 378 valence electrons. The van der Waals surface area contributed by atoms with Crippen LogP contribution in [-0.4, -0.2) is 221 Å². The molecule has 4 heterocycles. The van der Waals surface area contributed by atoms with Gasteiger partial charge in [0.1, 0.15) is 91.6 Å². The van der Waals surface area contributed by atoms with Gasteiger partial charge in [-0.25, -0.2) is 0 Å². The number of fused-ring (bicyclic) bond motifs is 3. The second kappa shape index (κ2) is 19.5. The van der Waals surface area contributed by atoms with Gasteiger partial charge >= 0.3 is 5.97 Å².